The van der Waals surface area contributed by atoms with E-state index in [2.05, 4.69) is 0 Å². The van der Waals surface area contributed by atoms with Gasteiger partial charge in [-0.05, 0) is 36.6 Å². The Balaban J connectivity index is 1.78. The fourth-order valence-electron chi connectivity index (χ4n) is 3.29. The molecule has 26 heavy (non-hydrogen) atoms. The minimum atomic E-state index is -3.42. The standard InChI is InChI=1S/C19H24FN3O2S/c1-22(2)26(24,25)23-12-6-8-16(14-23)19-11-5-9-17(21-19)13-15-7-3-4-10-18(15)20/h3-5,7,9-11,16H,6,8,12-14H2,1-2H3/t16-/m0/s1. The molecule has 1 fully saturated rings. The molecule has 140 valence electrons. The first-order chi connectivity index (χ1) is 12.4. The Hall–Kier alpha value is -1.83. The Morgan fingerprint density at radius 2 is 1.96 bits per heavy atom. The molecule has 1 aliphatic heterocycles. The van der Waals surface area contributed by atoms with Gasteiger partial charge in [0.15, 0.2) is 0 Å². The van der Waals surface area contributed by atoms with Crippen molar-refractivity contribution >= 4 is 10.2 Å². The zero-order valence-electron chi connectivity index (χ0n) is 15.1. The summed E-state index contributed by atoms with van der Waals surface area (Å²) in [6.45, 7) is 0.961. The van der Waals surface area contributed by atoms with Crippen LogP contribution in [-0.4, -0.2) is 49.2 Å². The van der Waals surface area contributed by atoms with E-state index in [-0.39, 0.29) is 11.7 Å². The van der Waals surface area contributed by atoms with Gasteiger partial charge in [0.25, 0.3) is 10.2 Å². The first kappa shape index (κ1) is 18.9. The molecule has 0 saturated carbocycles. The quantitative estimate of drug-likeness (QED) is 0.805. The van der Waals surface area contributed by atoms with Crippen molar-refractivity contribution in [1.29, 1.82) is 0 Å². The second-order valence-corrected chi connectivity index (χ2v) is 8.95. The number of hydrogen-bond donors (Lipinski definition) is 0. The Kier molecular flexibility index (Phi) is 5.70. The molecule has 1 atom stereocenters. The van der Waals surface area contributed by atoms with Gasteiger partial charge < -0.3 is 0 Å². The summed E-state index contributed by atoms with van der Waals surface area (Å²) in [7, 11) is -0.320. The van der Waals surface area contributed by atoms with Crippen LogP contribution < -0.4 is 0 Å². The predicted molar refractivity (Wildman–Crippen MR) is 99.6 cm³/mol. The van der Waals surface area contributed by atoms with E-state index in [4.69, 9.17) is 4.98 Å². The Labute approximate surface area is 154 Å². The molecule has 0 amide bonds. The van der Waals surface area contributed by atoms with Gasteiger partial charge in [0.1, 0.15) is 5.82 Å². The smallest absolute Gasteiger partial charge is 0.257 e. The van der Waals surface area contributed by atoms with E-state index in [1.54, 1.807) is 26.2 Å². The average Bonchev–Trinajstić information content (AvgIpc) is 2.64. The van der Waals surface area contributed by atoms with Gasteiger partial charge in [-0.1, -0.05) is 24.3 Å². The molecular formula is C19H24FN3O2S. The fourth-order valence-corrected chi connectivity index (χ4v) is 4.48. The van der Waals surface area contributed by atoms with Crippen LogP contribution in [0.5, 0.6) is 0 Å². The van der Waals surface area contributed by atoms with Gasteiger partial charge in [0.05, 0.1) is 0 Å². The summed E-state index contributed by atoms with van der Waals surface area (Å²) in [6, 6.07) is 12.4. The van der Waals surface area contributed by atoms with E-state index < -0.39 is 10.2 Å². The highest BCUT2D eigenvalue weighted by Crippen LogP contribution is 2.28. The highest BCUT2D eigenvalue weighted by Gasteiger charge is 2.31. The van der Waals surface area contributed by atoms with Crippen LogP contribution in [0.25, 0.3) is 0 Å². The molecule has 0 bridgehead atoms. The van der Waals surface area contributed by atoms with Crippen molar-refractivity contribution in [3.8, 4) is 0 Å². The molecular weight excluding hydrogens is 353 g/mol. The predicted octanol–water partition coefficient (Wildman–Crippen LogP) is 2.80. The van der Waals surface area contributed by atoms with Crippen LogP contribution in [0.15, 0.2) is 42.5 Å². The number of piperidine rings is 1. The summed E-state index contributed by atoms with van der Waals surface area (Å²) in [6.07, 6.45) is 2.12. The third-order valence-corrected chi connectivity index (χ3v) is 6.65. The van der Waals surface area contributed by atoms with Crippen LogP contribution in [0.1, 0.15) is 35.7 Å². The van der Waals surface area contributed by atoms with E-state index in [0.29, 0.717) is 25.1 Å². The molecule has 2 heterocycles. The lowest BCUT2D eigenvalue weighted by atomic mass is 9.95. The van der Waals surface area contributed by atoms with Crippen LogP contribution in [0.3, 0.4) is 0 Å². The van der Waals surface area contributed by atoms with Crippen molar-refractivity contribution in [3.05, 3.63) is 65.2 Å². The summed E-state index contributed by atoms with van der Waals surface area (Å²) < 4.78 is 41.4. The molecule has 0 spiro atoms. The second kappa shape index (κ2) is 7.82. The molecule has 1 saturated heterocycles. The molecule has 0 N–H and O–H groups in total. The van der Waals surface area contributed by atoms with Gasteiger partial charge in [0, 0.05) is 50.9 Å². The number of halogens is 1. The molecule has 7 heteroatoms. The monoisotopic (exact) mass is 377 g/mol. The maximum Gasteiger partial charge on any atom is 0.281 e. The third-order valence-electron chi connectivity index (χ3n) is 4.75. The zero-order valence-corrected chi connectivity index (χ0v) is 15.9. The second-order valence-electron chi connectivity index (χ2n) is 6.81. The molecule has 1 aromatic carbocycles. The Bertz CT molecular complexity index is 871. The summed E-state index contributed by atoms with van der Waals surface area (Å²) in [4.78, 5) is 4.69. The lowest BCUT2D eigenvalue weighted by Gasteiger charge is -2.33. The van der Waals surface area contributed by atoms with E-state index >= 15 is 0 Å². The van der Waals surface area contributed by atoms with Crippen molar-refractivity contribution in [2.45, 2.75) is 25.2 Å². The normalized spacial score (nSPS) is 19.0. The number of pyridine rings is 1. The summed E-state index contributed by atoms with van der Waals surface area (Å²) in [5, 5.41) is 0. The molecule has 0 aliphatic carbocycles. The largest absolute Gasteiger partial charge is 0.281 e. The number of nitrogens with zero attached hydrogens (tertiary/aromatic N) is 3. The fraction of sp³-hybridized carbons (Fsp3) is 0.421. The molecule has 0 radical (unpaired) electrons. The van der Waals surface area contributed by atoms with Gasteiger partial charge in [0.2, 0.25) is 0 Å². The number of benzene rings is 1. The van der Waals surface area contributed by atoms with Crippen molar-refractivity contribution in [2.24, 2.45) is 0 Å². The van der Waals surface area contributed by atoms with Crippen LogP contribution in [-0.2, 0) is 16.6 Å². The summed E-state index contributed by atoms with van der Waals surface area (Å²) >= 11 is 0. The van der Waals surface area contributed by atoms with Crippen LogP contribution in [0.4, 0.5) is 4.39 Å². The number of rotatable bonds is 5. The molecule has 0 unspecified atom stereocenters. The molecule has 2 aromatic rings. The minimum absolute atomic E-state index is 0.0547. The lowest BCUT2D eigenvalue weighted by molar-refractivity contribution is 0.296. The van der Waals surface area contributed by atoms with Crippen LogP contribution in [0.2, 0.25) is 0 Å². The van der Waals surface area contributed by atoms with Crippen molar-refractivity contribution < 1.29 is 12.8 Å². The minimum Gasteiger partial charge on any atom is -0.257 e. The van der Waals surface area contributed by atoms with Crippen molar-refractivity contribution in [2.75, 3.05) is 27.2 Å². The van der Waals surface area contributed by atoms with Gasteiger partial charge in [-0.3, -0.25) is 4.98 Å². The topological polar surface area (TPSA) is 53.5 Å². The van der Waals surface area contributed by atoms with E-state index in [9.17, 15) is 12.8 Å². The lowest BCUT2D eigenvalue weighted by Crippen LogP contribution is -2.45. The van der Waals surface area contributed by atoms with Crippen LogP contribution >= 0.6 is 0 Å². The Morgan fingerprint density at radius 1 is 1.19 bits per heavy atom. The highest BCUT2D eigenvalue weighted by atomic mass is 32.2. The molecule has 1 aromatic heterocycles. The average molecular weight is 377 g/mol. The van der Waals surface area contributed by atoms with Crippen molar-refractivity contribution in [3.63, 3.8) is 0 Å². The summed E-state index contributed by atoms with van der Waals surface area (Å²) in [5.41, 5.74) is 2.27. The van der Waals surface area contributed by atoms with Gasteiger partial charge in [-0.15, -0.1) is 0 Å². The molecule has 5 nitrogen and oxygen atoms in total. The van der Waals surface area contributed by atoms with Gasteiger partial charge in [-0.2, -0.15) is 17.0 Å². The van der Waals surface area contributed by atoms with Gasteiger partial charge in [-0.25, -0.2) is 4.39 Å². The van der Waals surface area contributed by atoms with Gasteiger partial charge >= 0.3 is 0 Å². The molecule has 1 aliphatic rings. The van der Waals surface area contributed by atoms with E-state index in [1.165, 1.54) is 14.7 Å². The summed E-state index contributed by atoms with van der Waals surface area (Å²) in [5.74, 6) is -0.181. The Morgan fingerprint density at radius 3 is 2.69 bits per heavy atom. The first-order valence-electron chi connectivity index (χ1n) is 8.75. The third kappa shape index (κ3) is 4.11. The zero-order chi connectivity index (χ0) is 18.7. The maximum atomic E-state index is 13.9. The number of hydrogen-bond acceptors (Lipinski definition) is 3. The van der Waals surface area contributed by atoms with Crippen molar-refractivity contribution in [1.82, 2.24) is 13.6 Å². The van der Waals surface area contributed by atoms with E-state index in [1.807, 2.05) is 24.3 Å². The SMILES string of the molecule is CN(C)S(=O)(=O)N1CCC[C@H](c2cccc(Cc3ccccc3F)n2)C1. The highest BCUT2D eigenvalue weighted by molar-refractivity contribution is 7.86. The van der Waals surface area contributed by atoms with E-state index in [0.717, 1.165) is 24.2 Å². The number of aromatic nitrogens is 1. The van der Waals surface area contributed by atoms with Crippen LogP contribution in [0, 0.1) is 5.82 Å². The first-order valence-corrected chi connectivity index (χ1v) is 10.1. The maximum absolute atomic E-state index is 13.9. The molecule has 3 rings (SSSR count).